The fraction of sp³-hybridized carbons (Fsp3) is 0.455. The minimum Gasteiger partial charge on any atom is -0.284 e. The molecule has 3 heterocycles. The van der Waals surface area contributed by atoms with Crippen molar-refractivity contribution in [1.29, 1.82) is 0 Å². The van der Waals surface area contributed by atoms with Gasteiger partial charge in [-0.3, -0.25) is 5.10 Å². The number of aromatic amines is 1. The van der Waals surface area contributed by atoms with Gasteiger partial charge >= 0.3 is 0 Å². The minimum atomic E-state index is -3.43. The van der Waals surface area contributed by atoms with E-state index in [2.05, 4.69) is 15.2 Å². The molecule has 2 aromatic heterocycles. The van der Waals surface area contributed by atoms with Gasteiger partial charge in [0.05, 0.1) is 11.2 Å². The maximum absolute atomic E-state index is 12.4. The monoisotopic (exact) mass is 298 g/mol. The van der Waals surface area contributed by atoms with Gasteiger partial charge < -0.3 is 0 Å². The molecule has 0 bridgehead atoms. The van der Waals surface area contributed by atoms with Crippen molar-refractivity contribution in [2.24, 2.45) is 0 Å². The second-order valence-electron chi connectivity index (χ2n) is 4.51. The van der Waals surface area contributed by atoms with Gasteiger partial charge in [0.15, 0.2) is 0 Å². The molecule has 1 atom stereocenters. The minimum absolute atomic E-state index is 0.204. The lowest BCUT2D eigenvalue weighted by Gasteiger charge is -2.30. The summed E-state index contributed by atoms with van der Waals surface area (Å²) >= 11 is 1.59. The van der Waals surface area contributed by atoms with Crippen LogP contribution in [-0.4, -0.2) is 41.0 Å². The Balaban J connectivity index is 1.82. The average molecular weight is 298 g/mol. The second kappa shape index (κ2) is 5.03. The molecule has 6 nitrogen and oxygen atoms in total. The molecule has 3 rings (SSSR count). The zero-order valence-corrected chi connectivity index (χ0v) is 11.8. The Morgan fingerprint density at radius 2 is 2.37 bits per heavy atom. The summed E-state index contributed by atoms with van der Waals surface area (Å²) < 4.78 is 26.4. The van der Waals surface area contributed by atoms with E-state index in [1.165, 1.54) is 16.7 Å². The zero-order valence-electron chi connectivity index (χ0n) is 10.2. The van der Waals surface area contributed by atoms with Crippen molar-refractivity contribution in [2.45, 2.75) is 23.7 Å². The molecule has 0 spiro atoms. The van der Waals surface area contributed by atoms with E-state index < -0.39 is 10.0 Å². The van der Waals surface area contributed by atoms with Gasteiger partial charge in [-0.1, -0.05) is 0 Å². The Hall–Kier alpha value is -1.25. The third-order valence-electron chi connectivity index (χ3n) is 3.30. The van der Waals surface area contributed by atoms with Gasteiger partial charge in [0.2, 0.25) is 10.0 Å². The van der Waals surface area contributed by atoms with Gasteiger partial charge in [-0.15, -0.1) is 11.3 Å². The van der Waals surface area contributed by atoms with Crippen LogP contribution in [0.4, 0.5) is 0 Å². The van der Waals surface area contributed by atoms with Gasteiger partial charge in [-0.25, -0.2) is 13.4 Å². The Bertz CT molecular complexity index is 622. The lowest BCUT2D eigenvalue weighted by Crippen LogP contribution is -2.38. The van der Waals surface area contributed by atoms with Crippen LogP contribution in [0.2, 0.25) is 0 Å². The highest BCUT2D eigenvalue weighted by atomic mass is 32.2. The van der Waals surface area contributed by atoms with Crippen LogP contribution in [0.3, 0.4) is 0 Å². The molecule has 1 saturated heterocycles. The van der Waals surface area contributed by atoms with Crippen LogP contribution in [0.15, 0.2) is 28.9 Å². The van der Waals surface area contributed by atoms with E-state index in [0.717, 1.165) is 17.8 Å². The first-order valence-corrected chi connectivity index (χ1v) is 8.38. The third kappa shape index (κ3) is 2.43. The first kappa shape index (κ1) is 12.8. The van der Waals surface area contributed by atoms with Crippen molar-refractivity contribution >= 4 is 21.4 Å². The SMILES string of the molecule is O=S(=O)(c1cn[nH]c1)N1CCCC(c2nccs2)C1. The molecule has 2 aromatic rings. The number of hydrogen-bond acceptors (Lipinski definition) is 5. The van der Waals surface area contributed by atoms with E-state index in [9.17, 15) is 8.42 Å². The van der Waals surface area contributed by atoms with Crippen LogP contribution in [0, 0.1) is 0 Å². The zero-order chi connectivity index (χ0) is 13.3. The maximum atomic E-state index is 12.4. The molecule has 0 saturated carbocycles. The van der Waals surface area contributed by atoms with E-state index in [4.69, 9.17) is 0 Å². The normalized spacial score (nSPS) is 21.6. The van der Waals surface area contributed by atoms with Gasteiger partial charge in [0.1, 0.15) is 4.90 Å². The molecule has 1 aliphatic heterocycles. The van der Waals surface area contributed by atoms with Gasteiger partial charge in [0, 0.05) is 36.8 Å². The summed E-state index contributed by atoms with van der Waals surface area (Å²) in [6.45, 7) is 1.07. The summed E-state index contributed by atoms with van der Waals surface area (Å²) in [4.78, 5) is 4.53. The first-order valence-electron chi connectivity index (χ1n) is 6.06. The molecule has 102 valence electrons. The van der Waals surface area contributed by atoms with Crippen molar-refractivity contribution in [3.63, 3.8) is 0 Å². The number of aromatic nitrogens is 3. The van der Waals surface area contributed by atoms with Gasteiger partial charge in [-0.2, -0.15) is 9.40 Å². The van der Waals surface area contributed by atoms with Crippen LogP contribution in [0.1, 0.15) is 23.8 Å². The molecule has 0 amide bonds. The molecule has 1 aliphatic rings. The van der Waals surface area contributed by atoms with E-state index in [1.807, 2.05) is 5.38 Å². The number of H-pyrrole nitrogens is 1. The topological polar surface area (TPSA) is 79.0 Å². The van der Waals surface area contributed by atoms with Crippen LogP contribution in [0.25, 0.3) is 0 Å². The fourth-order valence-electron chi connectivity index (χ4n) is 2.33. The lowest BCUT2D eigenvalue weighted by atomic mass is 10.0. The van der Waals surface area contributed by atoms with Crippen molar-refractivity contribution < 1.29 is 8.42 Å². The molecule has 8 heteroatoms. The quantitative estimate of drug-likeness (QED) is 0.930. The summed E-state index contributed by atoms with van der Waals surface area (Å²) in [5.74, 6) is 0.204. The number of nitrogens with zero attached hydrogens (tertiary/aromatic N) is 3. The standard InChI is InChI=1S/C11H14N4O2S2/c16-19(17,10-6-13-14-7-10)15-4-1-2-9(8-15)11-12-3-5-18-11/h3,5-7,9H,1-2,4,8H2,(H,13,14). The summed E-state index contributed by atoms with van der Waals surface area (Å²) in [5, 5.41) is 9.21. The highest BCUT2D eigenvalue weighted by Crippen LogP contribution is 2.30. The van der Waals surface area contributed by atoms with Crippen molar-refractivity contribution in [1.82, 2.24) is 19.5 Å². The van der Waals surface area contributed by atoms with Crippen molar-refractivity contribution in [3.05, 3.63) is 29.0 Å². The Labute approximate surface area is 115 Å². The number of rotatable bonds is 3. The van der Waals surface area contributed by atoms with E-state index in [-0.39, 0.29) is 10.8 Å². The highest BCUT2D eigenvalue weighted by molar-refractivity contribution is 7.89. The number of nitrogens with one attached hydrogen (secondary N) is 1. The second-order valence-corrected chi connectivity index (χ2v) is 7.37. The molecule has 1 N–H and O–H groups in total. The molecular weight excluding hydrogens is 284 g/mol. The van der Waals surface area contributed by atoms with E-state index >= 15 is 0 Å². The van der Waals surface area contributed by atoms with Crippen molar-refractivity contribution in [3.8, 4) is 0 Å². The summed E-state index contributed by atoms with van der Waals surface area (Å²) in [6.07, 6.45) is 6.39. The molecule has 1 fully saturated rings. The first-order chi connectivity index (χ1) is 9.18. The number of thiazole rings is 1. The third-order valence-corrected chi connectivity index (χ3v) is 6.06. The largest absolute Gasteiger partial charge is 0.284 e. The Morgan fingerprint density at radius 3 is 3.05 bits per heavy atom. The van der Waals surface area contributed by atoms with Crippen molar-refractivity contribution in [2.75, 3.05) is 13.1 Å². The summed E-state index contributed by atoms with van der Waals surface area (Å²) in [5.41, 5.74) is 0. The van der Waals surface area contributed by atoms with Crippen LogP contribution < -0.4 is 0 Å². The fourth-order valence-corrected chi connectivity index (χ4v) is 4.53. The highest BCUT2D eigenvalue weighted by Gasteiger charge is 2.32. The van der Waals surface area contributed by atoms with E-state index in [0.29, 0.717) is 13.1 Å². The van der Waals surface area contributed by atoms with Crippen LogP contribution in [-0.2, 0) is 10.0 Å². The summed E-state index contributed by atoms with van der Waals surface area (Å²) in [7, 11) is -3.43. The van der Waals surface area contributed by atoms with E-state index in [1.54, 1.807) is 17.5 Å². The smallest absolute Gasteiger partial charge is 0.246 e. The predicted molar refractivity (Wildman–Crippen MR) is 71.4 cm³/mol. The van der Waals surface area contributed by atoms with Gasteiger partial charge in [-0.05, 0) is 12.8 Å². The number of piperidine rings is 1. The molecule has 0 radical (unpaired) electrons. The average Bonchev–Trinajstić information content (AvgIpc) is 3.12. The van der Waals surface area contributed by atoms with Gasteiger partial charge in [0.25, 0.3) is 0 Å². The number of sulfonamides is 1. The lowest BCUT2D eigenvalue weighted by molar-refractivity contribution is 0.315. The molecule has 19 heavy (non-hydrogen) atoms. The number of hydrogen-bond donors (Lipinski definition) is 1. The van der Waals surface area contributed by atoms with Crippen LogP contribution in [0.5, 0.6) is 0 Å². The molecule has 1 unspecified atom stereocenters. The Kier molecular flexibility index (Phi) is 3.38. The van der Waals surface area contributed by atoms with Crippen LogP contribution >= 0.6 is 11.3 Å². The molecule has 0 aromatic carbocycles. The molecule has 0 aliphatic carbocycles. The Morgan fingerprint density at radius 1 is 1.47 bits per heavy atom. The maximum Gasteiger partial charge on any atom is 0.246 e. The molecular formula is C11H14N4O2S2. The predicted octanol–water partition coefficient (Wildman–Crippen LogP) is 1.43. The summed E-state index contributed by atoms with van der Waals surface area (Å²) in [6, 6.07) is 0.